The fourth-order valence-electron chi connectivity index (χ4n) is 3.00. The third-order valence-corrected chi connectivity index (χ3v) is 4.30. The van der Waals surface area contributed by atoms with Gasteiger partial charge in [0.15, 0.2) is 0 Å². The average molecular weight is 270 g/mol. The summed E-state index contributed by atoms with van der Waals surface area (Å²) in [6, 6.07) is 11.0. The summed E-state index contributed by atoms with van der Waals surface area (Å²) in [6.07, 6.45) is 6.75. The SMILES string of the molecule is CC(C)CCN(Cc1ccc(C#N)cc1)C1CCCC1. The van der Waals surface area contributed by atoms with E-state index in [0.29, 0.717) is 0 Å². The highest BCUT2D eigenvalue weighted by Crippen LogP contribution is 2.25. The van der Waals surface area contributed by atoms with Crippen LogP contribution < -0.4 is 0 Å². The molecule has 0 heterocycles. The van der Waals surface area contributed by atoms with Gasteiger partial charge in [0.2, 0.25) is 0 Å². The normalized spacial score (nSPS) is 15.9. The molecule has 1 fully saturated rings. The smallest absolute Gasteiger partial charge is 0.0991 e. The van der Waals surface area contributed by atoms with Crippen molar-refractivity contribution in [2.45, 2.75) is 58.5 Å². The molecule has 20 heavy (non-hydrogen) atoms. The van der Waals surface area contributed by atoms with Crippen molar-refractivity contribution in [2.24, 2.45) is 5.92 Å². The van der Waals surface area contributed by atoms with Crippen molar-refractivity contribution in [2.75, 3.05) is 6.54 Å². The van der Waals surface area contributed by atoms with Gasteiger partial charge in [-0.2, -0.15) is 5.26 Å². The Labute approximate surface area is 123 Å². The van der Waals surface area contributed by atoms with E-state index >= 15 is 0 Å². The van der Waals surface area contributed by atoms with Gasteiger partial charge in [0.1, 0.15) is 0 Å². The summed E-state index contributed by atoms with van der Waals surface area (Å²) in [7, 11) is 0. The van der Waals surface area contributed by atoms with Crippen molar-refractivity contribution >= 4 is 0 Å². The lowest BCUT2D eigenvalue weighted by Gasteiger charge is -2.29. The first-order valence-electron chi connectivity index (χ1n) is 7.92. The summed E-state index contributed by atoms with van der Waals surface area (Å²) in [5.74, 6) is 0.764. The van der Waals surface area contributed by atoms with Gasteiger partial charge in [0.25, 0.3) is 0 Å². The quantitative estimate of drug-likeness (QED) is 0.768. The number of rotatable bonds is 6. The summed E-state index contributed by atoms with van der Waals surface area (Å²) in [4.78, 5) is 2.66. The number of nitriles is 1. The number of hydrogen-bond donors (Lipinski definition) is 0. The van der Waals surface area contributed by atoms with E-state index in [1.165, 1.54) is 44.2 Å². The van der Waals surface area contributed by atoms with Crippen LogP contribution in [0.3, 0.4) is 0 Å². The van der Waals surface area contributed by atoms with Crippen molar-refractivity contribution in [3.05, 3.63) is 35.4 Å². The molecule has 0 radical (unpaired) electrons. The highest BCUT2D eigenvalue weighted by Gasteiger charge is 2.22. The van der Waals surface area contributed by atoms with E-state index in [1.807, 2.05) is 12.1 Å². The van der Waals surface area contributed by atoms with Crippen LogP contribution in [-0.4, -0.2) is 17.5 Å². The van der Waals surface area contributed by atoms with Crippen LogP contribution in [0.5, 0.6) is 0 Å². The molecular formula is C18H26N2. The largest absolute Gasteiger partial charge is 0.296 e. The topological polar surface area (TPSA) is 27.0 Å². The molecule has 0 unspecified atom stereocenters. The van der Waals surface area contributed by atoms with Gasteiger partial charge < -0.3 is 0 Å². The molecular weight excluding hydrogens is 244 g/mol. The van der Waals surface area contributed by atoms with E-state index in [9.17, 15) is 0 Å². The molecule has 0 aromatic heterocycles. The van der Waals surface area contributed by atoms with Gasteiger partial charge in [-0.05, 0) is 49.4 Å². The summed E-state index contributed by atoms with van der Waals surface area (Å²) in [5.41, 5.74) is 2.09. The first kappa shape index (κ1) is 15.1. The lowest BCUT2D eigenvalue weighted by Crippen LogP contribution is -2.34. The van der Waals surface area contributed by atoms with Crippen molar-refractivity contribution in [3.63, 3.8) is 0 Å². The zero-order valence-electron chi connectivity index (χ0n) is 12.8. The molecule has 0 amide bonds. The zero-order chi connectivity index (χ0) is 14.4. The lowest BCUT2D eigenvalue weighted by atomic mass is 10.1. The van der Waals surface area contributed by atoms with Crippen LogP contribution in [0.4, 0.5) is 0 Å². The molecule has 1 aliphatic rings. The molecule has 108 valence electrons. The van der Waals surface area contributed by atoms with Crippen molar-refractivity contribution in [3.8, 4) is 6.07 Å². The van der Waals surface area contributed by atoms with Gasteiger partial charge in [-0.1, -0.05) is 38.8 Å². The summed E-state index contributed by atoms with van der Waals surface area (Å²) in [5, 5.41) is 8.87. The zero-order valence-corrected chi connectivity index (χ0v) is 12.8. The number of nitrogens with zero attached hydrogens (tertiary/aromatic N) is 2. The van der Waals surface area contributed by atoms with Crippen LogP contribution in [-0.2, 0) is 6.54 Å². The second kappa shape index (κ2) is 7.45. The fourth-order valence-corrected chi connectivity index (χ4v) is 3.00. The van der Waals surface area contributed by atoms with Crippen LogP contribution in [0.25, 0.3) is 0 Å². The standard InChI is InChI=1S/C18H26N2/c1-15(2)11-12-20(18-5-3-4-6-18)14-17-9-7-16(13-19)8-10-17/h7-10,15,18H,3-6,11-12,14H2,1-2H3. The van der Waals surface area contributed by atoms with Crippen LogP contribution in [0, 0.1) is 17.2 Å². The van der Waals surface area contributed by atoms with E-state index in [0.717, 1.165) is 24.1 Å². The van der Waals surface area contributed by atoms with E-state index < -0.39 is 0 Å². The van der Waals surface area contributed by atoms with Gasteiger partial charge >= 0.3 is 0 Å². The minimum absolute atomic E-state index is 0.753. The maximum absolute atomic E-state index is 8.87. The minimum Gasteiger partial charge on any atom is -0.296 e. The summed E-state index contributed by atoms with van der Waals surface area (Å²) in [6.45, 7) is 6.83. The van der Waals surface area contributed by atoms with Crippen LogP contribution in [0.1, 0.15) is 57.1 Å². The first-order valence-corrected chi connectivity index (χ1v) is 7.92. The van der Waals surface area contributed by atoms with Crippen LogP contribution >= 0.6 is 0 Å². The molecule has 0 atom stereocenters. The molecule has 0 aliphatic heterocycles. The maximum Gasteiger partial charge on any atom is 0.0991 e. The molecule has 1 aliphatic carbocycles. The Morgan fingerprint density at radius 2 is 1.85 bits per heavy atom. The summed E-state index contributed by atoms with van der Waals surface area (Å²) < 4.78 is 0. The average Bonchev–Trinajstić information content (AvgIpc) is 2.98. The van der Waals surface area contributed by atoms with Gasteiger partial charge in [0, 0.05) is 12.6 Å². The van der Waals surface area contributed by atoms with Crippen LogP contribution in [0.15, 0.2) is 24.3 Å². The molecule has 1 aromatic carbocycles. The highest BCUT2D eigenvalue weighted by molar-refractivity contribution is 5.31. The van der Waals surface area contributed by atoms with Gasteiger partial charge in [-0.25, -0.2) is 0 Å². The van der Waals surface area contributed by atoms with Crippen molar-refractivity contribution in [1.82, 2.24) is 4.90 Å². The van der Waals surface area contributed by atoms with E-state index in [1.54, 1.807) is 0 Å². The van der Waals surface area contributed by atoms with Crippen LogP contribution in [0.2, 0.25) is 0 Å². The third kappa shape index (κ3) is 4.35. The molecule has 0 bridgehead atoms. The molecule has 0 spiro atoms. The van der Waals surface area contributed by atoms with Crippen molar-refractivity contribution in [1.29, 1.82) is 5.26 Å². The predicted octanol–water partition coefficient (Wildman–Crippen LogP) is 4.35. The Hall–Kier alpha value is -1.33. The fraction of sp³-hybridized carbons (Fsp3) is 0.611. The molecule has 1 saturated carbocycles. The first-order chi connectivity index (χ1) is 9.69. The lowest BCUT2D eigenvalue weighted by molar-refractivity contribution is 0.179. The van der Waals surface area contributed by atoms with E-state index in [4.69, 9.17) is 5.26 Å². The molecule has 2 rings (SSSR count). The maximum atomic E-state index is 8.87. The second-order valence-electron chi connectivity index (χ2n) is 6.40. The van der Waals surface area contributed by atoms with E-state index in [-0.39, 0.29) is 0 Å². The Morgan fingerprint density at radius 1 is 1.20 bits per heavy atom. The highest BCUT2D eigenvalue weighted by atomic mass is 15.2. The molecule has 2 nitrogen and oxygen atoms in total. The Kier molecular flexibility index (Phi) is 5.61. The third-order valence-electron chi connectivity index (χ3n) is 4.30. The summed E-state index contributed by atoms with van der Waals surface area (Å²) >= 11 is 0. The minimum atomic E-state index is 0.753. The Morgan fingerprint density at radius 3 is 2.40 bits per heavy atom. The Bertz CT molecular complexity index is 435. The molecule has 2 heteroatoms. The molecule has 0 saturated heterocycles. The number of benzene rings is 1. The molecule has 1 aromatic rings. The van der Waals surface area contributed by atoms with Gasteiger partial charge in [-0.15, -0.1) is 0 Å². The monoisotopic (exact) mass is 270 g/mol. The van der Waals surface area contributed by atoms with Gasteiger partial charge in [0.05, 0.1) is 11.6 Å². The second-order valence-corrected chi connectivity index (χ2v) is 6.40. The van der Waals surface area contributed by atoms with Gasteiger partial charge in [-0.3, -0.25) is 4.90 Å². The molecule has 0 N–H and O–H groups in total. The number of hydrogen-bond acceptors (Lipinski definition) is 2. The van der Waals surface area contributed by atoms with E-state index in [2.05, 4.69) is 36.9 Å². The Balaban J connectivity index is 1.99. The predicted molar refractivity (Wildman–Crippen MR) is 83.3 cm³/mol. The van der Waals surface area contributed by atoms with Crippen molar-refractivity contribution < 1.29 is 0 Å².